The first-order chi connectivity index (χ1) is 19.1. The quantitative estimate of drug-likeness (QED) is 0.201. The smallest absolute Gasteiger partial charge is 0.175 e. The summed E-state index contributed by atoms with van der Waals surface area (Å²) in [4.78, 5) is 4.45. The van der Waals surface area contributed by atoms with E-state index in [-0.39, 0.29) is 0 Å². The van der Waals surface area contributed by atoms with Crippen LogP contribution < -0.4 is 29.6 Å². The average molecular weight is 542 g/mol. The normalized spacial score (nSPS) is 10.3. The van der Waals surface area contributed by atoms with E-state index in [4.69, 9.17) is 31.2 Å². The van der Waals surface area contributed by atoms with Crippen LogP contribution >= 0.6 is 12.2 Å². The highest BCUT2D eigenvalue weighted by atomic mass is 32.1. The number of methoxy groups -OCH3 is 3. The Hall–Kier alpha value is -4.56. The van der Waals surface area contributed by atoms with Gasteiger partial charge in [-0.3, -0.25) is 4.98 Å². The van der Waals surface area contributed by atoms with E-state index in [0.29, 0.717) is 28.1 Å². The fourth-order valence-electron chi connectivity index (χ4n) is 4.08. The Morgan fingerprint density at radius 2 is 1.46 bits per heavy atom. The van der Waals surface area contributed by atoms with Gasteiger partial charge in [-0.05, 0) is 66.1 Å². The van der Waals surface area contributed by atoms with Crippen molar-refractivity contribution in [1.82, 2.24) is 4.98 Å². The van der Waals surface area contributed by atoms with E-state index in [1.165, 1.54) is 0 Å². The Bertz CT molecular complexity index is 1610. The molecule has 7 nitrogen and oxygen atoms in total. The van der Waals surface area contributed by atoms with Gasteiger partial charge in [-0.2, -0.15) is 0 Å². The third kappa shape index (κ3) is 6.30. The molecule has 0 spiro atoms. The van der Waals surface area contributed by atoms with Gasteiger partial charge in [0, 0.05) is 40.5 Å². The average Bonchev–Trinajstić information content (AvgIpc) is 2.97. The lowest BCUT2D eigenvalue weighted by molar-refractivity contribution is 0.355. The number of nitrogens with zero attached hydrogens (tertiary/aromatic N) is 1. The summed E-state index contributed by atoms with van der Waals surface area (Å²) in [6.45, 7) is 4.00. The van der Waals surface area contributed by atoms with Gasteiger partial charge in [0.1, 0.15) is 17.2 Å². The van der Waals surface area contributed by atoms with Crippen molar-refractivity contribution in [2.45, 2.75) is 13.8 Å². The van der Waals surface area contributed by atoms with Crippen molar-refractivity contribution in [3.05, 3.63) is 85.1 Å². The van der Waals surface area contributed by atoms with Crippen molar-refractivity contribution in [3.8, 4) is 28.7 Å². The molecule has 200 valence electrons. The molecule has 0 aliphatic rings. The maximum Gasteiger partial charge on any atom is 0.175 e. The lowest BCUT2D eigenvalue weighted by Gasteiger charge is -2.15. The molecule has 0 unspecified atom stereocenters. The summed E-state index contributed by atoms with van der Waals surface area (Å²) < 4.78 is 22.4. The van der Waals surface area contributed by atoms with Crippen molar-refractivity contribution >= 4 is 50.4 Å². The molecule has 39 heavy (non-hydrogen) atoms. The molecule has 0 radical (unpaired) electrons. The summed E-state index contributed by atoms with van der Waals surface area (Å²) in [5.74, 6) is 3.35. The minimum Gasteiger partial charge on any atom is -0.497 e. The Kier molecular flexibility index (Phi) is 9.01. The minimum atomic E-state index is 0.480. The van der Waals surface area contributed by atoms with Gasteiger partial charge in [-0.15, -0.1) is 0 Å². The topological polar surface area (TPSA) is 73.9 Å². The molecule has 0 bridgehead atoms. The van der Waals surface area contributed by atoms with Gasteiger partial charge in [-0.1, -0.05) is 32.0 Å². The van der Waals surface area contributed by atoms with Crippen LogP contribution in [0, 0.1) is 0 Å². The number of ether oxygens (including phenoxy) is 4. The maximum atomic E-state index is 6.29. The van der Waals surface area contributed by atoms with Crippen LogP contribution in [-0.4, -0.2) is 31.4 Å². The number of anilines is 2. The standard InChI is InChI=1S/C29H25N3O4S.C2H6/c1-33-20-8-5-7-19(15-20)31-29(37)32-24-9-4-6-18-14-21(10-11-22(18)24)36-26-12-13-30-25-17-28(35-3)27(34-2)16-23(25)26;1-2/h4-17H,1-3H3,(H2,31,32,37);1-2H3. The molecule has 0 aliphatic heterocycles. The predicted octanol–water partition coefficient (Wildman–Crippen LogP) is 8.04. The van der Waals surface area contributed by atoms with E-state index >= 15 is 0 Å². The highest BCUT2D eigenvalue weighted by Gasteiger charge is 2.12. The van der Waals surface area contributed by atoms with E-state index in [1.807, 2.05) is 92.7 Å². The molecule has 0 amide bonds. The Balaban J connectivity index is 0.00000172. The molecule has 4 aromatic carbocycles. The van der Waals surface area contributed by atoms with E-state index in [1.54, 1.807) is 27.5 Å². The number of rotatable bonds is 7. The van der Waals surface area contributed by atoms with E-state index in [2.05, 4.69) is 15.6 Å². The number of benzene rings is 4. The summed E-state index contributed by atoms with van der Waals surface area (Å²) in [5.41, 5.74) is 2.47. The molecule has 0 aliphatic carbocycles. The highest BCUT2D eigenvalue weighted by molar-refractivity contribution is 7.80. The minimum absolute atomic E-state index is 0.480. The molecule has 0 saturated heterocycles. The van der Waals surface area contributed by atoms with Crippen LogP contribution in [0.25, 0.3) is 21.7 Å². The zero-order chi connectivity index (χ0) is 27.8. The molecule has 5 aromatic rings. The first-order valence-corrected chi connectivity index (χ1v) is 12.9. The van der Waals surface area contributed by atoms with Gasteiger partial charge < -0.3 is 29.6 Å². The van der Waals surface area contributed by atoms with Crippen molar-refractivity contribution in [2.24, 2.45) is 0 Å². The molecule has 0 saturated carbocycles. The number of fused-ring (bicyclic) bond motifs is 2. The monoisotopic (exact) mass is 541 g/mol. The third-order valence-corrected chi connectivity index (χ3v) is 6.07. The van der Waals surface area contributed by atoms with E-state index in [9.17, 15) is 0 Å². The molecule has 0 atom stereocenters. The first kappa shape index (κ1) is 27.5. The molecule has 1 heterocycles. The Labute approximate surface area is 233 Å². The largest absolute Gasteiger partial charge is 0.497 e. The lowest BCUT2D eigenvalue weighted by atomic mass is 10.1. The van der Waals surface area contributed by atoms with Crippen molar-refractivity contribution in [1.29, 1.82) is 0 Å². The van der Waals surface area contributed by atoms with Crippen LogP contribution in [0.1, 0.15) is 13.8 Å². The summed E-state index contributed by atoms with van der Waals surface area (Å²) in [6, 6.07) is 25.1. The fourth-order valence-corrected chi connectivity index (χ4v) is 4.31. The predicted molar refractivity (Wildman–Crippen MR) is 163 cm³/mol. The lowest BCUT2D eigenvalue weighted by Crippen LogP contribution is -2.19. The van der Waals surface area contributed by atoms with Crippen LogP contribution in [0.4, 0.5) is 11.4 Å². The highest BCUT2D eigenvalue weighted by Crippen LogP contribution is 2.37. The number of hydrogen-bond donors (Lipinski definition) is 2. The Morgan fingerprint density at radius 3 is 2.23 bits per heavy atom. The van der Waals surface area contributed by atoms with Crippen LogP contribution in [0.15, 0.2) is 85.1 Å². The number of hydrogen-bond acceptors (Lipinski definition) is 6. The second kappa shape index (κ2) is 12.8. The van der Waals surface area contributed by atoms with Gasteiger partial charge in [0.2, 0.25) is 0 Å². The van der Waals surface area contributed by atoms with E-state index < -0.39 is 0 Å². The second-order valence-electron chi connectivity index (χ2n) is 8.14. The molecular formula is C31H31N3O4S. The first-order valence-electron chi connectivity index (χ1n) is 12.5. The van der Waals surface area contributed by atoms with Crippen molar-refractivity contribution < 1.29 is 18.9 Å². The molecule has 0 fully saturated rings. The third-order valence-electron chi connectivity index (χ3n) is 5.86. The van der Waals surface area contributed by atoms with Crippen LogP contribution in [0.3, 0.4) is 0 Å². The van der Waals surface area contributed by atoms with Crippen LogP contribution in [0.2, 0.25) is 0 Å². The SMILES string of the molecule is CC.COc1cccc(NC(=S)Nc2cccc3cc(Oc4ccnc5cc(OC)c(OC)cc45)ccc23)c1. The van der Waals surface area contributed by atoms with Crippen molar-refractivity contribution in [2.75, 3.05) is 32.0 Å². The summed E-state index contributed by atoms with van der Waals surface area (Å²) in [7, 11) is 4.84. The van der Waals surface area contributed by atoms with Crippen molar-refractivity contribution in [3.63, 3.8) is 0 Å². The van der Waals surface area contributed by atoms with Crippen LogP contribution in [0.5, 0.6) is 28.7 Å². The van der Waals surface area contributed by atoms with Gasteiger partial charge in [0.15, 0.2) is 16.6 Å². The Morgan fingerprint density at radius 1 is 0.692 bits per heavy atom. The molecular weight excluding hydrogens is 510 g/mol. The van der Waals surface area contributed by atoms with Crippen LogP contribution in [-0.2, 0) is 0 Å². The molecule has 5 rings (SSSR count). The molecule has 1 aromatic heterocycles. The summed E-state index contributed by atoms with van der Waals surface area (Å²) >= 11 is 5.54. The summed E-state index contributed by atoms with van der Waals surface area (Å²) in [5, 5.41) is 9.81. The van der Waals surface area contributed by atoms with Gasteiger partial charge in [-0.25, -0.2) is 0 Å². The number of aromatic nitrogens is 1. The summed E-state index contributed by atoms with van der Waals surface area (Å²) in [6.07, 6.45) is 1.71. The molecule has 8 heteroatoms. The zero-order valence-electron chi connectivity index (χ0n) is 22.6. The van der Waals surface area contributed by atoms with Gasteiger partial charge in [0.05, 0.1) is 26.8 Å². The number of thiocarbonyl (C=S) groups is 1. The zero-order valence-corrected chi connectivity index (χ0v) is 23.4. The van der Waals surface area contributed by atoms with E-state index in [0.717, 1.165) is 38.8 Å². The number of pyridine rings is 1. The van der Waals surface area contributed by atoms with Gasteiger partial charge in [0.25, 0.3) is 0 Å². The molecule has 2 N–H and O–H groups in total. The number of nitrogens with one attached hydrogen (secondary N) is 2. The second-order valence-corrected chi connectivity index (χ2v) is 8.54. The fraction of sp³-hybridized carbons (Fsp3) is 0.161. The van der Waals surface area contributed by atoms with Gasteiger partial charge >= 0.3 is 0 Å². The maximum absolute atomic E-state index is 6.29.